The Kier molecular flexibility index (Phi) is 3.26. The van der Waals surface area contributed by atoms with Crippen molar-refractivity contribution < 1.29 is 9.47 Å². The number of fused-ring (bicyclic) bond motifs is 1. The Morgan fingerprint density at radius 2 is 1.85 bits per heavy atom. The Labute approximate surface area is 119 Å². The lowest BCUT2D eigenvalue weighted by atomic mass is 10.0. The van der Waals surface area contributed by atoms with Crippen LogP contribution in [0, 0.1) is 6.92 Å². The lowest BCUT2D eigenvalue weighted by molar-refractivity contribution is 0.177. The van der Waals surface area contributed by atoms with Gasteiger partial charge in [-0.3, -0.25) is 0 Å². The van der Waals surface area contributed by atoms with Gasteiger partial charge >= 0.3 is 0 Å². The summed E-state index contributed by atoms with van der Waals surface area (Å²) in [7, 11) is 1.68. The maximum Gasteiger partial charge on any atom is 0.144 e. The lowest BCUT2D eigenvalue weighted by Crippen LogP contribution is -2.32. The van der Waals surface area contributed by atoms with Crippen LogP contribution in [0.2, 0.25) is 0 Å². The Morgan fingerprint density at radius 3 is 2.55 bits per heavy atom. The Balaban J connectivity index is 1.89. The summed E-state index contributed by atoms with van der Waals surface area (Å²) in [5.41, 5.74) is 3.45. The second-order valence-electron chi connectivity index (χ2n) is 5.24. The summed E-state index contributed by atoms with van der Waals surface area (Å²) in [5.74, 6) is 1.77. The fourth-order valence-corrected chi connectivity index (χ4v) is 2.57. The van der Waals surface area contributed by atoms with Crippen LogP contribution in [-0.4, -0.2) is 13.2 Å². The molecule has 3 heteroatoms. The van der Waals surface area contributed by atoms with E-state index < -0.39 is 0 Å². The molecule has 2 atom stereocenters. The molecule has 0 aromatic heterocycles. The fourth-order valence-electron chi connectivity index (χ4n) is 2.57. The van der Waals surface area contributed by atoms with E-state index in [0.717, 1.165) is 22.7 Å². The predicted molar refractivity (Wildman–Crippen MR) is 80.6 cm³/mol. The van der Waals surface area contributed by atoms with E-state index in [1.165, 1.54) is 5.56 Å². The predicted octanol–water partition coefficient (Wildman–Crippen LogP) is 3.94. The van der Waals surface area contributed by atoms with E-state index in [1.54, 1.807) is 7.11 Å². The first kappa shape index (κ1) is 12.9. The SMILES string of the molecule is COc1ccc(C2Oc3ccc(C)cc3NC2C)cc1. The maximum absolute atomic E-state index is 6.16. The van der Waals surface area contributed by atoms with Gasteiger partial charge in [-0.1, -0.05) is 18.2 Å². The van der Waals surface area contributed by atoms with E-state index in [2.05, 4.69) is 43.4 Å². The third-order valence-corrected chi connectivity index (χ3v) is 3.67. The first-order valence-electron chi connectivity index (χ1n) is 6.85. The number of ether oxygens (including phenoxy) is 2. The molecular weight excluding hydrogens is 250 g/mol. The highest BCUT2D eigenvalue weighted by Gasteiger charge is 2.27. The minimum absolute atomic E-state index is 0.0103. The Bertz CT molecular complexity index is 607. The van der Waals surface area contributed by atoms with Crippen molar-refractivity contribution in [2.24, 2.45) is 0 Å². The number of rotatable bonds is 2. The van der Waals surface area contributed by atoms with Gasteiger partial charge in [-0.2, -0.15) is 0 Å². The van der Waals surface area contributed by atoms with Gasteiger partial charge in [-0.25, -0.2) is 0 Å². The van der Waals surface area contributed by atoms with Crippen LogP contribution in [0.3, 0.4) is 0 Å². The zero-order valence-corrected chi connectivity index (χ0v) is 12.0. The van der Waals surface area contributed by atoms with E-state index >= 15 is 0 Å². The summed E-state index contributed by atoms with van der Waals surface area (Å²) in [6, 6.07) is 14.5. The number of anilines is 1. The van der Waals surface area contributed by atoms with Gasteiger partial charge in [0.05, 0.1) is 18.8 Å². The standard InChI is InChI=1S/C17H19NO2/c1-11-4-9-16-15(10-11)18-12(2)17(20-16)13-5-7-14(19-3)8-6-13/h4-10,12,17-18H,1-3H3. The molecule has 3 rings (SSSR count). The van der Waals surface area contributed by atoms with Gasteiger partial charge in [-0.15, -0.1) is 0 Å². The molecule has 20 heavy (non-hydrogen) atoms. The minimum Gasteiger partial charge on any atom is -0.497 e. The molecule has 2 aromatic rings. The van der Waals surface area contributed by atoms with Crippen molar-refractivity contribution in [2.75, 3.05) is 12.4 Å². The monoisotopic (exact) mass is 269 g/mol. The molecule has 1 aliphatic rings. The molecule has 0 amide bonds. The largest absolute Gasteiger partial charge is 0.497 e. The van der Waals surface area contributed by atoms with Gasteiger partial charge in [0.1, 0.15) is 17.6 Å². The Morgan fingerprint density at radius 1 is 1.10 bits per heavy atom. The molecule has 3 nitrogen and oxygen atoms in total. The molecule has 1 aliphatic heterocycles. The van der Waals surface area contributed by atoms with Gasteiger partial charge < -0.3 is 14.8 Å². The second-order valence-corrected chi connectivity index (χ2v) is 5.24. The quantitative estimate of drug-likeness (QED) is 0.895. The zero-order valence-electron chi connectivity index (χ0n) is 12.0. The van der Waals surface area contributed by atoms with Crippen LogP contribution in [0.15, 0.2) is 42.5 Å². The minimum atomic E-state index is 0.0103. The van der Waals surface area contributed by atoms with Crippen molar-refractivity contribution in [3.8, 4) is 11.5 Å². The van der Waals surface area contributed by atoms with E-state index in [9.17, 15) is 0 Å². The van der Waals surface area contributed by atoms with Crippen molar-refractivity contribution >= 4 is 5.69 Å². The molecule has 1 N–H and O–H groups in total. The van der Waals surface area contributed by atoms with Gasteiger partial charge in [-0.05, 0) is 49.2 Å². The summed E-state index contributed by atoms with van der Waals surface area (Å²) in [6.45, 7) is 4.22. The van der Waals surface area contributed by atoms with Crippen LogP contribution < -0.4 is 14.8 Å². The van der Waals surface area contributed by atoms with E-state index in [1.807, 2.05) is 18.2 Å². The third kappa shape index (κ3) is 2.31. The number of nitrogens with one attached hydrogen (secondary N) is 1. The lowest BCUT2D eigenvalue weighted by Gasteiger charge is -2.33. The molecule has 2 unspecified atom stereocenters. The van der Waals surface area contributed by atoms with Gasteiger partial charge in [0.15, 0.2) is 0 Å². The summed E-state index contributed by atoms with van der Waals surface area (Å²) in [5, 5.41) is 3.52. The topological polar surface area (TPSA) is 30.5 Å². The maximum atomic E-state index is 6.16. The number of hydrogen-bond acceptors (Lipinski definition) is 3. The molecule has 0 fully saturated rings. The van der Waals surface area contributed by atoms with E-state index in [4.69, 9.17) is 9.47 Å². The van der Waals surface area contributed by atoms with E-state index in [-0.39, 0.29) is 12.1 Å². The summed E-state index contributed by atoms with van der Waals surface area (Å²) >= 11 is 0. The van der Waals surface area contributed by atoms with Gasteiger partial charge in [0.2, 0.25) is 0 Å². The molecule has 0 radical (unpaired) electrons. The van der Waals surface area contributed by atoms with Gasteiger partial charge in [0.25, 0.3) is 0 Å². The molecule has 0 bridgehead atoms. The van der Waals surface area contributed by atoms with E-state index in [0.29, 0.717) is 0 Å². The van der Waals surface area contributed by atoms with Crippen molar-refractivity contribution in [1.82, 2.24) is 0 Å². The molecule has 1 heterocycles. The smallest absolute Gasteiger partial charge is 0.144 e. The average molecular weight is 269 g/mol. The van der Waals surface area contributed by atoms with Crippen LogP contribution in [0.4, 0.5) is 5.69 Å². The number of aryl methyl sites for hydroxylation is 1. The molecule has 2 aromatic carbocycles. The summed E-state index contributed by atoms with van der Waals surface area (Å²) in [6.07, 6.45) is 0.0103. The highest BCUT2D eigenvalue weighted by molar-refractivity contribution is 5.60. The van der Waals surface area contributed by atoms with Crippen LogP contribution in [0.25, 0.3) is 0 Å². The van der Waals surface area contributed by atoms with Crippen molar-refractivity contribution in [1.29, 1.82) is 0 Å². The molecule has 0 aliphatic carbocycles. The fraction of sp³-hybridized carbons (Fsp3) is 0.294. The van der Waals surface area contributed by atoms with Gasteiger partial charge in [0, 0.05) is 0 Å². The molecule has 0 saturated carbocycles. The van der Waals surface area contributed by atoms with Crippen molar-refractivity contribution in [2.45, 2.75) is 26.0 Å². The van der Waals surface area contributed by atoms with Crippen molar-refractivity contribution in [3.63, 3.8) is 0 Å². The third-order valence-electron chi connectivity index (χ3n) is 3.67. The first-order chi connectivity index (χ1) is 9.67. The average Bonchev–Trinajstić information content (AvgIpc) is 2.46. The van der Waals surface area contributed by atoms with Crippen LogP contribution >= 0.6 is 0 Å². The highest BCUT2D eigenvalue weighted by atomic mass is 16.5. The molecule has 104 valence electrons. The summed E-state index contributed by atoms with van der Waals surface area (Å²) < 4.78 is 11.4. The van der Waals surface area contributed by atoms with Crippen LogP contribution in [0.5, 0.6) is 11.5 Å². The van der Waals surface area contributed by atoms with Crippen LogP contribution in [0.1, 0.15) is 24.2 Å². The molecule has 0 saturated heterocycles. The first-order valence-corrected chi connectivity index (χ1v) is 6.85. The molecule has 0 spiro atoms. The second kappa shape index (κ2) is 5.08. The number of benzene rings is 2. The number of hydrogen-bond donors (Lipinski definition) is 1. The van der Waals surface area contributed by atoms with Crippen molar-refractivity contribution in [3.05, 3.63) is 53.6 Å². The summed E-state index contributed by atoms with van der Waals surface area (Å²) in [4.78, 5) is 0. The normalized spacial score (nSPS) is 20.6. The zero-order chi connectivity index (χ0) is 14.1. The van der Waals surface area contributed by atoms with Crippen LogP contribution in [-0.2, 0) is 0 Å². The highest BCUT2D eigenvalue weighted by Crippen LogP contribution is 2.38. The molecular formula is C17H19NO2. The number of methoxy groups -OCH3 is 1. The Hall–Kier alpha value is -2.16.